The smallest absolute Gasteiger partial charge is 0.0613 e. The van der Waals surface area contributed by atoms with Gasteiger partial charge in [-0.05, 0) is 58.2 Å². The lowest BCUT2D eigenvalue weighted by Gasteiger charge is -2.33. The van der Waals surface area contributed by atoms with Gasteiger partial charge in [0.25, 0.3) is 0 Å². The molecule has 20 heavy (non-hydrogen) atoms. The fraction of sp³-hybridized carbons (Fsp3) is 1.00. The molecule has 4 nitrogen and oxygen atoms in total. The molecule has 2 N–H and O–H groups in total. The van der Waals surface area contributed by atoms with Crippen molar-refractivity contribution in [3.05, 3.63) is 0 Å². The zero-order valence-corrected chi connectivity index (χ0v) is 13.7. The molecule has 2 atom stereocenters. The standard InChI is InChI=1S/C16H34N2O2/c1-4-16(14-19,17-5-2)9-7-10-18(3)12-15-8-6-11-20-13-15/h15,17,19H,4-14H2,1-3H3. The molecule has 0 aliphatic carbocycles. The number of likely N-dealkylation sites (N-methyl/N-ethyl adjacent to an activating group) is 1. The maximum Gasteiger partial charge on any atom is 0.0613 e. The van der Waals surface area contributed by atoms with E-state index in [0.717, 1.165) is 52.1 Å². The molecule has 0 aromatic carbocycles. The van der Waals surface area contributed by atoms with Crippen molar-refractivity contribution >= 4 is 0 Å². The first-order valence-electron chi connectivity index (χ1n) is 8.28. The summed E-state index contributed by atoms with van der Waals surface area (Å²) in [6.45, 7) is 9.52. The van der Waals surface area contributed by atoms with E-state index in [1.54, 1.807) is 0 Å². The molecule has 120 valence electrons. The highest BCUT2D eigenvalue weighted by Crippen LogP contribution is 2.18. The Morgan fingerprint density at radius 1 is 1.40 bits per heavy atom. The van der Waals surface area contributed by atoms with E-state index in [4.69, 9.17) is 4.74 Å². The summed E-state index contributed by atoms with van der Waals surface area (Å²) in [6.07, 6.45) is 5.67. The van der Waals surface area contributed by atoms with Crippen LogP contribution in [0.1, 0.15) is 46.0 Å². The van der Waals surface area contributed by atoms with Gasteiger partial charge in [0, 0.05) is 18.7 Å². The van der Waals surface area contributed by atoms with Crippen molar-refractivity contribution in [2.24, 2.45) is 5.92 Å². The molecular formula is C16H34N2O2. The van der Waals surface area contributed by atoms with E-state index in [2.05, 4.69) is 31.1 Å². The van der Waals surface area contributed by atoms with Gasteiger partial charge < -0.3 is 20.1 Å². The van der Waals surface area contributed by atoms with E-state index >= 15 is 0 Å². The van der Waals surface area contributed by atoms with Gasteiger partial charge in [-0.15, -0.1) is 0 Å². The zero-order chi connectivity index (χ0) is 14.8. The summed E-state index contributed by atoms with van der Waals surface area (Å²) in [5, 5.41) is 13.1. The van der Waals surface area contributed by atoms with Gasteiger partial charge in [-0.1, -0.05) is 13.8 Å². The second-order valence-corrected chi connectivity index (χ2v) is 6.27. The lowest BCUT2D eigenvalue weighted by molar-refractivity contribution is 0.0413. The molecule has 0 aromatic heterocycles. The highest BCUT2D eigenvalue weighted by molar-refractivity contribution is 4.85. The van der Waals surface area contributed by atoms with Crippen LogP contribution in [0.25, 0.3) is 0 Å². The van der Waals surface area contributed by atoms with Gasteiger partial charge in [0.1, 0.15) is 0 Å². The number of nitrogens with zero attached hydrogens (tertiary/aromatic N) is 1. The van der Waals surface area contributed by atoms with Gasteiger partial charge in [-0.25, -0.2) is 0 Å². The third-order valence-electron chi connectivity index (χ3n) is 4.55. The van der Waals surface area contributed by atoms with Gasteiger partial charge in [-0.2, -0.15) is 0 Å². The van der Waals surface area contributed by atoms with Crippen LogP contribution in [0.15, 0.2) is 0 Å². The summed E-state index contributed by atoms with van der Waals surface area (Å²) in [5.74, 6) is 0.705. The third kappa shape index (κ3) is 6.08. The number of rotatable bonds is 10. The molecule has 4 heteroatoms. The van der Waals surface area contributed by atoms with E-state index in [-0.39, 0.29) is 12.1 Å². The summed E-state index contributed by atoms with van der Waals surface area (Å²) in [4.78, 5) is 2.42. The molecule has 0 amide bonds. The van der Waals surface area contributed by atoms with Crippen LogP contribution in [0, 0.1) is 5.92 Å². The number of aliphatic hydroxyl groups is 1. The molecule has 0 spiro atoms. The summed E-state index contributed by atoms with van der Waals surface area (Å²) < 4.78 is 5.54. The summed E-state index contributed by atoms with van der Waals surface area (Å²) in [6, 6.07) is 0. The topological polar surface area (TPSA) is 44.7 Å². The Morgan fingerprint density at radius 3 is 2.75 bits per heavy atom. The monoisotopic (exact) mass is 286 g/mol. The molecule has 1 fully saturated rings. The number of nitrogens with one attached hydrogen (secondary N) is 1. The third-order valence-corrected chi connectivity index (χ3v) is 4.55. The number of aliphatic hydroxyl groups excluding tert-OH is 1. The van der Waals surface area contributed by atoms with Crippen molar-refractivity contribution in [1.82, 2.24) is 10.2 Å². The van der Waals surface area contributed by atoms with Crippen LogP contribution in [0.4, 0.5) is 0 Å². The first-order chi connectivity index (χ1) is 9.65. The van der Waals surface area contributed by atoms with Gasteiger partial charge in [0.2, 0.25) is 0 Å². The number of hydrogen-bond donors (Lipinski definition) is 2. The molecule has 1 aliphatic heterocycles. The maximum absolute atomic E-state index is 9.64. The van der Waals surface area contributed by atoms with E-state index in [1.807, 2.05) is 0 Å². The molecule has 0 saturated carbocycles. The largest absolute Gasteiger partial charge is 0.394 e. The second-order valence-electron chi connectivity index (χ2n) is 6.27. The Hall–Kier alpha value is -0.160. The van der Waals surface area contributed by atoms with Crippen LogP contribution in [-0.2, 0) is 4.74 Å². The van der Waals surface area contributed by atoms with Crippen molar-refractivity contribution in [3.63, 3.8) is 0 Å². The Kier molecular flexibility index (Phi) is 8.69. The predicted molar refractivity (Wildman–Crippen MR) is 84.1 cm³/mol. The van der Waals surface area contributed by atoms with E-state index < -0.39 is 0 Å². The second kappa shape index (κ2) is 9.72. The molecule has 1 rings (SSSR count). The first-order valence-corrected chi connectivity index (χ1v) is 8.28. The first kappa shape index (κ1) is 17.9. The Labute approximate surface area is 124 Å². The van der Waals surface area contributed by atoms with Crippen LogP contribution in [-0.4, -0.2) is 62.0 Å². The molecule has 0 bridgehead atoms. The molecular weight excluding hydrogens is 252 g/mol. The fourth-order valence-corrected chi connectivity index (χ4v) is 3.18. The molecule has 0 aromatic rings. The van der Waals surface area contributed by atoms with E-state index in [9.17, 15) is 5.11 Å². The predicted octanol–water partition coefficient (Wildman–Crippen LogP) is 1.88. The van der Waals surface area contributed by atoms with Gasteiger partial charge >= 0.3 is 0 Å². The van der Waals surface area contributed by atoms with Crippen molar-refractivity contribution in [3.8, 4) is 0 Å². The van der Waals surface area contributed by atoms with Gasteiger partial charge in [0.05, 0.1) is 13.2 Å². The van der Waals surface area contributed by atoms with Crippen LogP contribution >= 0.6 is 0 Å². The lowest BCUT2D eigenvalue weighted by atomic mass is 9.91. The van der Waals surface area contributed by atoms with Crippen molar-refractivity contribution in [2.45, 2.75) is 51.5 Å². The highest BCUT2D eigenvalue weighted by Gasteiger charge is 2.25. The summed E-state index contributed by atoms with van der Waals surface area (Å²) in [7, 11) is 2.20. The average molecular weight is 286 g/mol. The van der Waals surface area contributed by atoms with Crippen LogP contribution in [0.3, 0.4) is 0 Å². The molecule has 2 unspecified atom stereocenters. The van der Waals surface area contributed by atoms with Gasteiger partial charge in [0.15, 0.2) is 0 Å². The maximum atomic E-state index is 9.64. The minimum atomic E-state index is -0.0798. The quantitative estimate of drug-likeness (QED) is 0.643. The Morgan fingerprint density at radius 2 is 2.20 bits per heavy atom. The normalized spacial score (nSPS) is 22.9. The molecule has 1 heterocycles. The van der Waals surface area contributed by atoms with Crippen molar-refractivity contribution in [1.29, 1.82) is 0 Å². The van der Waals surface area contributed by atoms with Crippen molar-refractivity contribution in [2.75, 3.05) is 46.5 Å². The van der Waals surface area contributed by atoms with Crippen LogP contribution in [0.5, 0.6) is 0 Å². The van der Waals surface area contributed by atoms with Crippen LogP contribution < -0.4 is 5.32 Å². The number of hydrogen-bond acceptors (Lipinski definition) is 4. The van der Waals surface area contributed by atoms with E-state index in [1.165, 1.54) is 12.8 Å². The Balaban J connectivity index is 2.23. The van der Waals surface area contributed by atoms with Crippen LogP contribution in [0.2, 0.25) is 0 Å². The average Bonchev–Trinajstić information content (AvgIpc) is 2.47. The summed E-state index contributed by atoms with van der Waals surface area (Å²) in [5.41, 5.74) is -0.0798. The molecule has 1 saturated heterocycles. The van der Waals surface area contributed by atoms with E-state index in [0.29, 0.717) is 5.92 Å². The lowest BCUT2D eigenvalue weighted by Crippen LogP contribution is -2.48. The SMILES string of the molecule is CCNC(CC)(CO)CCCN(C)CC1CCCOC1. The molecule has 0 radical (unpaired) electrons. The summed E-state index contributed by atoms with van der Waals surface area (Å²) >= 11 is 0. The number of ether oxygens (including phenoxy) is 1. The Bertz CT molecular complexity index is 239. The van der Waals surface area contributed by atoms with Crippen molar-refractivity contribution < 1.29 is 9.84 Å². The molecule has 1 aliphatic rings. The minimum absolute atomic E-state index is 0.0798. The zero-order valence-electron chi connectivity index (χ0n) is 13.7. The minimum Gasteiger partial charge on any atom is -0.394 e. The highest BCUT2D eigenvalue weighted by atomic mass is 16.5. The van der Waals surface area contributed by atoms with Gasteiger partial charge in [-0.3, -0.25) is 0 Å². The fourth-order valence-electron chi connectivity index (χ4n) is 3.18.